The van der Waals surface area contributed by atoms with Crippen LogP contribution in [0.25, 0.3) is 0 Å². The van der Waals surface area contributed by atoms with Gasteiger partial charge in [0.2, 0.25) is 0 Å². The average Bonchev–Trinajstić information content (AvgIpc) is 3.05. The number of carbonyl (C=O) groups excluding carboxylic acids is 2. The van der Waals surface area contributed by atoms with Crippen molar-refractivity contribution in [3.8, 4) is 0 Å². The zero-order valence-corrected chi connectivity index (χ0v) is 15.1. The third-order valence-electron chi connectivity index (χ3n) is 4.96. The Morgan fingerprint density at radius 3 is 2.08 bits per heavy atom. The molecule has 0 aromatic heterocycles. The predicted molar refractivity (Wildman–Crippen MR) is 95.6 cm³/mol. The van der Waals surface area contributed by atoms with E-state index in [0.717, 1.165) is 25.7 Å². The van der Waals surface area contributed by atoms with Crippen molar-refractivity contribution in [3.05, 3.63) is 46.5 Å². The number of hydrogen-bond acceptors (Lipinski definition) is 2. The highest BCUT2D eigenvalue weighted by Crippen LogP contribution is 2.42. The van der Waals surface area contributed by atoms with Crippen molar-refractivity contribution in [2.45, 2.75) is 59.4 Å². The fourth-order valence-electron chi connectivity index (χ4n) is 4.12. The van der Waals surface area contributed by atoms with Crippen LogP contribution in [-0.4, -0.2) is 16.7 Å². The van der Waals surface area contributed by atoms with Crippen molar-refractivity contribution in [2.75, 3.05) is 0 Å². The minimum atomic E-state index is -0.164. The first kappa shape index (κ1) is 16.9. The maximum Gasteiger partial charge on any atom is 0.254 e. The number of imide groups is 1. The zero-order chi connectivity index (χ0) is 17.4. The van der Waals surface area contributed by atoms with Gasteiger partial charge in [-0.3, -0.25) is 14.5 Å². The number of hydrogen-bond donors (Lipinski definition) is 0. The first-order valence-electron chi connectivity index (χ1n) is 9.07. The van der Waals surface area contributed by atoms with Gasteiger partial charge in [0.15, 0.2) is 0 Å². The lowest BCUT2D eigenvalue weighted by Crippen LogP contribution is -2.33. The molecule has 0 saturated carbocycles. The van der Waals surface area contributed by atoms with Crippen LogP contribution >= 0.6 is 0 Å². The summed E-state index contributed by atoms with van der Waals surface area (Å²) in [6, 6.07) is 4.41. The fourth-order valence-corrected chi connectivity index (χ4v) is 4.12. The molecule has 1 heterocycles. The summed E-state index contributed by atoms with van der Waals surface area (Å²) in [6.07, 6.45) is 6.67. The van der Waals surface area contributed by atoms with Crippen LogP contribution in [0.4, 0.5) is 0 Å². The second-order valence-corrected chi connectivity index (χ2v) is 7.91. The van der Waals surface area contributed by atoms with E-state index in [4.69, 9.17) is 0 Å². The summed E-state index contributed by atoms with van der Waals surface area (Å²) in [6.45, 7) is 8.90. The second-order valence-electron chi connectivity index (χ2n) is 7.91. The number of rotatable bonds is 5. The maximum absolute atomic E-state index is 12.2. The van der Waals surface area contributed by atoms with Crippen molar-refractivity contribution >= 4 is 11.8 Å². The summed E-state index contributed by atoms with van der Waals surface area (Å²) >= 11 is 0. The van der Waals surface area contributed by atoms with Crippen molar-refractivity contribution in [3.63, 3.8) is 0 Å². The van der Waals surface area contributed by atoms with Crippen molar-refractivity contribution in [1.29, 1.82) is 0 Å². The van der Waals surface area contributed by atoms with E-state index < -0.39 is 0 Å². The first-order valence-corrected chi connectivity index (χ1v) is 9.07. The van der Waals surface area contributed by atoms with Crippen LogP contribution in [0.15, 0.2) is 24.3 Å². The van der Waals surface area contributed by atoms with Gasteiger partial charge in [0.05, 0.1) is 6.04 Å². The molecule has 24 heavy (non-hydrogen) atoms. The third-order valence-corrected chi connectivity index (χ3v) is 4.96. The molecule has 3 nitrogen and oxygen atoms in total. The number of benzene rings is 1. The molecule has 3 heteroatoms. The third kappa shape index (κ3) is 3.04. The van der Waals surface area contributed by atoms with Gasteiger partial charge < -0.3 is 0 Å². The van der Waals surface area contributed by atoms with E-state index in [-0.39, 0.29) is 17.9 Å². The van der Waals surface area contributed by atoms with Crippen molar-refractivity contribution in [2.24, 2.45) is 11.8 Å². The smallest absolute Gasteiger partial charge is 0.254 e. The van der Waals surface area contributed by atoms with Crippen molar-refractivity contribution < 1.29 is 9.59 Å². The molecule has 0 spiro atoms. The molecular weight excluding hydrogens is 298 g/mol. The SMILES string of the molecule is CC(C)Cc1ccc(CC(C)C)c2c1CC[C@@H]2N1C(=O)C=CC1=O. The molecule has 128 valence electrons. The molecule has 1 aromatic carbocycles. The Hall–Kier alpha value is -1.90. The largest absolute Gasteiger partial charge is 0.269 e. The Labute approximate surface area is 144 Å². The van der Waals surface area contributed by atoms with E-state index in [9.17, 15) is 9.59 Å². The zero-order valence-electron chi connectivity index (χ0n) is 15.1. The van der Waals surface area contributed by atoms with Crippen molar-refractivity contribution in [1.82, 2.24) is 4.90 Å². The van der Waals surface area contributed by atoms with E-state index in [1.54, 1.807) is 0 Å². The lowest BCUT2D eigenvalue weighted by atomic mass is 9.88. The second kappa shape index (κ2) is 6.54. The van der Waals surface area contributed by atoms with Gasteiger partial charge in [-0.05, 0) is 59.8 Å². The summed E-state index contributed by atoms with van der Waals surface area (Å²) in [4.78, 5) is 25.9. The molecule has 3 rings (SSSR count). The molecule has 1 aliphatic carbocycles. The predicted octanol–water partition coefficient (Wildman–Crippen LogP) is 4.00. The molecule has 1 aromatic rings. The van der Waals surface area contributed by atoms with Gasteiger partial charge in [0, 0.05) is 12.2 Å². The summed E-state index contributed by atoms with van der Waals surface area (Å²) in [5.74, 6) is 0.820. The van der Waals surface area contributed by atoms with E-state index in [0.29, 0.717) is 11.8 Å². The van der Waals surface area contributed by atoms with Gasteiger partial charge in [-0.1, -0.05) is 39.8 Å². The lowest BCUT2D eigenvalue weighted by Gasteiger charge is -2.26. The number of amides is 2. The Morgan fingerprint density at radius 1 is 0.958 bits per heavy atom. The highest BCUT2D eigenvalue weighted by Gasteiger charge is 2.38. The Morgan fingerprint density at radius 2 is 1.50 bits per heavy atom. The molecule has 0 unspecified atom stereocenters. The fraction of sp³-hybridized carbons (Fsp3) is 0.524. The number of carbonyl (C=O) groups is 2. The maximum atomic E-state index is 12.2. The molecule has 0 saturated heterocycles. The molecule has 1 aliphatic heterocycles. The van der Waals surface area contributed by atoms with Crippen LogP contribution in [0.2, 0.25) is 0 Å². The standard InChI is InChI=1S/C21H27NO2/c1-13(2)11-15-5-6-16(12-14(3)4)21-17(15)7-8-18(21)22-19(23)9-10-20(22)24/h5-6,9-10,13-14,18H,7-8,11-12H2,1-4H3/t18-/m0/s1. The Balaban J connectivity index is 2.05. The molecule has 0 fully saturated rings. The van der Waals surface area contributed by atoms with Crippen LogP contribution in [0.1, 0.15) is 62.4 Å². The van der Waals surface area contributed by atoms with E-state index in [1.807, 2.05) is 0 Å². The number of nitrogens with zero attached hydrogens (tertiary/aromatic N) is 1. The van der Waals surface area contributed by atoms with Gasteiger partial charge >= 0.3 is 0 Å². The van der Waals surface area contributed by atoms with Crippen LogP contribution in [0.5, 0.6) is 0 Å². The average molecular weight is 325 g/mol. The van der Waals surface area contributed by atoms with E-state index >= 15 is 0 Å². The minimum Gasteiger partial charge on any atom is -0.269 e. The highest BCUT2D eigenvalue weighted by atomic mass is 16.2. The Kier molecular flexibility index (Phi) is 4.62. The highest BCUT2D eigenvalue weighted by molar-refractivity contribution is 6.13. The molecule has 2 amide bonds. The van der Waals surface area contributed by atoms with Gasteiger partial charge in [-0.15, -0.1) is 0 Å². The summed E-state index contributed by atoms with van der Waals surface area (Å²) in [7, 11) is 0. The molecule has 1 atom stereocenters. The lowest BCUT2D eigenvalue weighted by molar-refractivity contribution is -0.139. The van der Waals surface area contributed by atoms with Crippen LogP contribution in [0, 0.1) is 11.8 Å². The van der Waals surface area contributed by atoms with Gasteiger partial charge in [0.1, 0.15) is 0 Å². The molecule has 0 radical (unpaired) electrons. The van der Waals surface area contributed by atoms with E-state index in [2.05, 4.69) is 39.8 Å². The normalized spacial score (nSPS) is 19.9. The van der Waals surface area contributed by atoms with Gasteiger partial charge in [-0.25, -0.2) is 0 Å². The summed E-state index contributed by atoms with van der Waals surface area (Å²) in [5.41, 5.74) is 5.34. The topological polar surface area (TPSA) is 37.4 Å². The van der Waals surface area contributed by atoms with Crippen LogP contribution < -0.4 is 0 Å². The molecular formula is C21H27NO2. The van der Waals surface area contributed by atoms with Gasteiger partial charge in [-0.2, -0.15) is 0 Å². The van der Waals surface area contributed by atoms with Crippen LogP contribution in [-0.2, 0) is 28.9 Å². The number of fused-ring (bicyclic) bond motifs is 1. The summed E-state index contributed by atoms with van der Waals surface area (Å²) < 4.78 is 0. The first-order chi connectivity index (χ1) is 11.4. The van der Waals surface area contributed by atoms with Crippen LogP contribution in [0.3, 0.4) is 0 Å². The molecule has 0 bridgehead atoms. The Bertz CT molecular complexity index is 682. The minimum absolute atomic E-state index is 0.0872. The quantitative estimate of drug-likeness (QED) is 0.768. The van der Waals surface area contributed by atoms with E-state index in [1.165, 1.54) is 39.3 Å². The monoisotopic (exact) mass is 325 g/mol. The molecule has 0 N–H and O–H groups in total. The summed E-state index contributed by atoms with van der Waals surface area (Å²) in [5, 5.41) is 0. The molecule has 2 aliphatic rings. The van der Waals surface area contributed by atoms with Gasteiger partial charge in [0.25, 0.3) is 11.8 Å².